The molecule has 0 aromatic carbocycles. The zero-order valence-electron chi connectivity index (χ0n) is 9.11. The highest BCUT2D eigenvalue weighted by Gasteiger charge is 2.30. The summed E-state index contributed by atoms with van der Waals surface area (Å²) in [6.45, 7) is 2.19. The second-order valence-electron chi connectivity index (χ2n) is 4.48. The molecule has 0 heterocycles. The average molecular weight is 217 g/mol. The van der Waals surface area contributed by atoms with E-state index in [4.69, 9.17) is 4.89 Å². The molecule has 0 aromatic heterocycles. The molecule has 0 aromatic rings. The van der Waals surface area contributed by atoms with Gasteiger partial charge in [-0.25, -0.2) is 0 Å². The number of hydrogen-bond donors (Lipinski definition) is 1. The summed E-state index contributed by atoms with van der Waals surface area (Å²) in [5, 5.41) is 0. The first-order valence-electron chi connectivity index (χ1n) is 5.87. The van der Waals surface area contributed by atoms with Crippen molar-refractivity contribution in [3.63, 3.8) is 0 Å². The quantitative estimate of drug-likeness (QED) is 0.688. The molecule has 0 spiro atoms. The largest absolute Gasteiger partial charge is 0.505 e. The summed E-state index contributed by atoms with van der Waals surface area (Å²) in [5.74, 6) is 1.26. The van der Waals surface area contributed by atoms with Crippen molar-refractivity contribution in [1.29, 1.82) is 0 Å². The molecule has 14 heavy (non-hydrogen) atoms. The van der Waals surface area contributed by atoms with E-state index in [1.54, 1.807) is 0 Å². The normalized spacial score (nSPS) is 21.1. The Labute approximate surface area is 88.0 Å². The molecule has 1 aliphatic rings. The predicted octanol–water partition coefficient (Wildman–Crippen LogP) is 3.72. The van der Waals surface area contributed by atoms with Crippen LogP contribution in [-0.2, 0) is 4.57 Å². The molecule has 2 nitrogen and oxygen atoms in total. The van der Waals surface area contributed by atoms with Gasteiger partial charge in [-0.15, -0.1) is 0 Å². The fraction of sp³-hybridized carbons (Fsp3) is 1.00. The summed E-state index contributed by atoms with van der Waals surface area (Å²) >= 11 is 0. The maximum atomic E-state index is 10.9. The lowest BCUT2D eigenvalue weighted by Gasteiger charge is -2.18. The van der Waals surface area contributed by atoms with Gasteiger partial charge in [-0.2, -0.15) is 4.89 Å². The second-order valence-corrected chi connectivity index (χ2v) is 5.55. The van der Waals surface area contributed by atoms with Crippen LogP contribution < -0.4 is 0 Å². The van der Waals surface area contributed by atoms with Gasteiger partial charge in [-0.1, -0.05) is 45.4 Å². The minimum atomic E-state index is -1.92. The molecule has 0 radical (unpaired) electrons. The average Bonchev–Trinajstić information content (AvgIpc) is 2.64. The predicted molar refractivity (Wildman–Crippen MR) is 59.7 cm³/mol. The van der Waals surface area contributed by atoms with Crippen LogP contribution in [0.1, 0.15) is 51.9 Å². The third-order valence-electron chi connectivity index (χ3n) is 3.39. The van der Waals surface area contributed by atoms with Gasteiger partial charge >= 0.3 is 8.03 Å². The van der Waals surface area contributed by atoms with E-state index in [-0.39, 0.29) is 0 Å². The van der Waals surface area contributed by atoms with Crippen molar-refractivity contribution < 1.29 is 9.46 Å². The maximum Gasteiger partial charge on any atom is 0.505 e. The smallest absolute Gasteiger partial charge is 0.161 e. The van der Waals surface area contributed by atoms with E-state index in [9.17, 15) is 4.57 Å². The van der Waals surface area contributed by atoms with Gasteiger partial charge in [0.2, 0.25) is 0 Å². The fourth-order valence-corrected chi connectivity index (χ4v) is 3.45. The topological polar surface area (TPSA) is 37.3 Å². The molecule has 2 unspecified atom stereocenters. The van der Waals surface area contributed by atoms with E-state index in [1.165, 1.54) is 38.5 Å². The Bertz CT molecular complexity index is 176. The van der Waals surface area contributed by atoms with Gasteiger partial charge in [0.15, 0.2) is 6.16 Å². The van der Waals surface area contributed by atoms with Crippen LogP contribution in [0.5, 0.6) is 0 Å². The van der Waals surface area contributed by atoms with Crippen LogP contribution in [0.15, 0.2) is 0 Å². The molecule has 1 aliphatic carbocycles. The SMILES string of the molecule is CCCCC(C[P+](=O)O)C1CCCC1. The third kappa shape index (κ3) is 4.06. The minimum Gasteiger partial charge on any atom is -0.161 e. The van der Waals surface area contributed by atoms with Crippen LogP contribution in [0, 0.1) is 11.8 Å². The van der Waals surface area contributed by atoms with Gasteiger partial charge in [0.05, 0.1) is 0 Å². The molecule has 82 valence electrons. The zero-order chi connectivity index (χ0) is 10.4. The van der Waals surface area contributed by atoms with E-state index >= 15 is 0 Å². The number of unbranched alkanes of at least 4 members (excludes halogenated alkanes) is 1. The number of rotatable bonds is 6. The van der Waals surface area contributed by atoms with Crippen LogP contribution in [-0.4, -0.2) is 11.1 Å². The van der Waals surface area contributed by atoms with Gasteiger partial charge < -0.3 is 0 Å². The molecule has 0 amide bonds. The first kappa shape index (κ1) is 12.1. The van der Waals surface area contributed by atoms with Crippen molar-refractivity contribution >= 4 is 8.03 Å². The third-order valence-corrected chi connectivity index (χ3v) is 4.17. The van der Waals surface area contributed by atoms with Crippen molar-refractivity contribution in [3.8, 4) is 0 Å². The summed E-state index contributed by atoms with van der Waals surface area (Å²) in [5.41, 5.74) is 0. The summed E-state index contributed by atoms with van der Waals surface area (Å²) < 4.78 is 10.9. The number of hydrogen-bond acceptors (Lipinski definition) is 1. The lowest BCUT2D eigenvalue weighted by molar-refractivity contribution is 0.333. The van der Waals surface area contributed by atoms with Crippen LogP contribution in [0.25, 0.3) is 0 Å². The molecule has 2 atom stereocenters. The molecule has 0 aliphatic heterocycles. The second kappa shape index (κ2) is 6.53. The van der Waals surface area contributed by atoms with E-state index in [0.717, 1.165) is 12.3 Å². The Morgan fingerprint density at radius 2 is 2.07 bits per heavy atom. The Balaban J connectivity index is 2.37. The van der Waals surface area contributed by atoms with Gasteiger partial charge in [-0.05, 0) is 16.9 Å². The molecule has 0 bridgehead atoms. The van der Waals surface area contributed by atoms with E-state index in [2.05, 4.69) is 6.92 Å². The van der Waals surface area contributed by atoms with E-state index < -0.39 is 8.03 Å². The molecule has 1 rings (SSSR count). The Hall–Kier alpha value is 0.0600. The molecule has 1 N–H and O–H groups in total. The zero-order valence-corrected chi connectivity index (χ0v) is 10.0. The molecule has 0 saturated heterocycles. The van der Waals surface area contributed by atoms with Crippen molar-refractivity contribution in [1.82, 2.24) is 0 Å². The Morgan fingerprint density at radius 1 is 1.43 bits per heavy atom. The first-order chi connectivity index (χ1) is 6.74. The first-order valence-corrected chi connectivity index (χ1v) is 7.27. The molecule has 1 saturated carbocycles. The minimum absolute atomic E-state index is 0.520. The maximum absolute atomic E-state index is 10.9. The monoisotopic (exact) mass is 217 g/mol. The van der Waals surface area contributed by atoms with Crippen LogP contribution in [0.3, 0.4) is 0 Å². The fourth-order valence-electron chi connectivity index (χ4n) is 2.57. The highest BCUT2D eigenvalue weighted by molar-refractivity contribution is 7.38. The summed E-state index contributed by atoms with van der Waals surface area (Å²) in [7, 11) is -1.92. The van der Waals surface area contributed by atoms with Gasteiger partial charge in [-0.3, -0.25) is 0 Å². The molecular formula is C11H22O2P+. The Morgan fingerprint density at radius 3 is 2.57 bits per heavy atom. The summed E-state index contributed by atoms with van der Waals surface area (Å²) in [4.78, 5) is 8.99. The van der Waals surface area contributed by atoms with Crippen LogP contribution in [0.2, 0.25) is 0 Å². The van der Waals surface area contributed by atoms with Crippen LogP contribution in [0.4, 0.5) is 0 Å². The standard InChI is InChI=1S/C11H21O2P/c1-2-3-6-11(9-14(12)13)10-7-4-5-8-10/h10-11H,2-9H2,1H3/p+1. The summed E-state index contributed by atoms with van der Waals surface area (Å²) in [6, 6.07) is 0. The van der Waals surface area contributed by atoms with Gasteiger partial charge in [0, 0.05) is 5.92 Å². The van der Waals surface area contributed by atoms with Crippen molar-refractivity contribution in [2.24, 2.45) is 11.8 Å². The van der Waals surface area contributed by atoms with Gasteiger partial charge in [0.1, 0.15) is 0 Å². The molecule has 1 fully saturated rings. The summed E-state index contributed by atoms with van der Waals surface area (Å²) in [6.07, 6.45) is 9.35. The van der Waals surface area contributed by atoms with Gasteiger partial charge in [0.25, 0.3) is 0 Å². The highest BCUT2D eigenvalue weighted by Crippen LogP contribution is 2.37. The van der Waals surface area contributed by atoms with E-state index in [1.807, 2.05) is 0 Å². The lowest BCUT2D eigenvalue weighted by Crippen LogP contribution is -2.14. The molecular weight excluding hydrogens is 195 g/mol. The van der Waals surface area contributed by atoms with Crippen molar-refractivity contribution in [3.05, 3.63) is 0 Å². The van der Waals surface area contributed by atoms with E-state index in [0.29, 0.717) is 12.1 Å². The van der Waals surface area contributed by atoms with Crippen molar-refractivity contribution in [2.45, 2.75) is 51.9 Å². The lowest BCUT2D eigenvalue weighted by atomic mass is 9.88. The highest BCUT2D eigenvalue weighted by atomic mass is 31.1. The molecule has 3 heteroatoms. The van der Waals surface area contributed by atoms with Crippen LogP contribution >= 0.6 is 8.03 Å². The Kier molecular flexibility index (Phi) is 5.66. The van der Waals surface area contributed by atoms with Crippen molar-refractivity contribution in [2.75, 3.05) is 6.16 Å².